The molecular weight excluding hydrogens is 509 g/mol. The van der Waals surface area contributed by atoms with Crippen molar-refractivity contribution in [1.29, 1.82) is 0 Å². The summed E-state index contributed by atoms with van der Waals surface area (Å²) in [5.41, 5.74) is 3.66. The third-order valence-corrected chi connectivity index (χ3v) is 6.79. The quantitative estimate of drug-likeness (QED) is 0.197. The summed E-state index contributed by atoms with van der Waals surface area (Å²) in [6.07, 6.45) is 3.70. The van der Waals surface area contributed by atoms with Crippen molar-refractivity contribution < 1.29 is 24.0 Å². The van der Waals surface area contributed by atoms with Gasteiger partial charge in [0.1, 0.15) is 0 Å². The molecule has 37 heavy (non-hydrogen) atoms. The number of nitrogens with zero attached hydrogens (tertiary/aromatic N) is 1. The number of pyridine rings is 1. The first-order valence-corrected chi connectivity index (χ1v) is 13.8. The fraction of sp³-hybridized carbons (Fsp3) is 0.207. The van der Waals surface area contributed by atoms with Crippen LogP contribution in [0.15, 0.2) is 78.9 Å². The van der Waals surface area contributed by atoms with Crippen LogP contribution in [0.25, 0.3) is 23.1 Å². The summed E-state index contributed by atoms with van der Waals surface area (Å²) in [5, 5.41) is 12.1. The van der Waals surface area contributed by atoms with Crippen LogP contribution in [0.2, 0.25) is 5.02 Å². The van der Waals surface area contributed by atoms with Crippen molar-refractivity contribution in [3.8, 4) is 0 Å². The maximum atomic E-state index is 11.8. The summed E-state index contributed by atoms with van der Waals surface area (Å²) in [6.45, 7) is 3.43. The average Bonchev–Trinajstić information content (AvgIpc) is 2.84. The molecule has 4 rings (SSSR count). The molecule has 0 saturated carbocycles. The zero-order valence-corrected chi connectivity index (χ0v) is 22.2. The lowest BCUT2D eigenvalue weighted by Gasteiger charge is -2.23. The maximum absolute atomic E-state index is 11.8. The van der Waals surface area contributed by atoms with Gasteiger partial charge in [-0.1, -0.05) is 72.3 Å². The molecular formula is C29H29ClNO5P. The molecule has 3 aromatic carbocycles. The Hall–Kier alpha value is -2.83. The van der Waals surface area contributed by atoms with E-state index >= 15 is 0 Å². The van der Waals surface area contributed by atoms with Crippen LogP contribution < -0.4 is 0 Å². The Morgan fingerprint density at radius 1 is 1.00 bits per heavy atom. The van der Waals surface area contributed by atoms with E-state index in [9.17, 15) is 19.5 Å². The Morgan fingerprint density at radius 3 is 2.51 bits per heavy atom. The third-order valence-electron chi connectivity index (χ3n) is 6.02. The van der Waals surface area contributed by atoms with Crippen molar-refractivity contribution in [2.45, 2.75) is 38.4 Å². The highest BCUT2D eigenvalue weighted by atomic mass is 35.5. The summed E-state index contributed by atoms with van der Waals surface area (Å²) in [6, 6.07) is 24.3. The van der Waals surface area contributed by atoms with Gasteiger partial charge in [0.25, 0.3) is 0 Å². The summed E-state index contributed by atoms with van der Waals surface area (Å²) in [5.74, 6) is 0. The number of fused-ring (bicyclic) bond motifs is 1. The smallest absolute Gasteiger partial charge is 0.386 e. The van der Waals surface area contributed by atoms with Crippen molar-refractivity contribution >= 4 is 42.5 Å². The van der Waals surface area contributed by atoms with E-state index in [0.29, 0.717) is 23.4 Å². The van der Waals surface area contributed by atoms with Crippen LogP contribution in [0.4, 0.5) is 0 Å². The van der Waals surface area contributed by atoms with Crippen molar-refractivity contribution in [3.63, 3.8) is 0 Å². The van der Waals surface area contributed by atoms with Crippen LogP contribution in [-0.4, -0.2) is 19.9 Å². The van der Waals surface area contributed by atoms with Gasteiger partial charge >= 0.3 is 7.82 Å². The second-order valence-corrected chi connectivity index (χ2v) is 11.0. The first-order chi connectivity index (χ1) is 17.5. The lowest BCUT2D eigenvalue weighted by atomic mass is 9.90. The molecule has 192 valence electrons. The predicted octanol–water partition coefficient (Wildman–Crippen LogP) is 7.07. The second-order valence-electron chi connectivity index (χ2n) is 9.42. The zero-order chi connectivity index (χ0) is 26.6. The number of hydrogen-bond donors (Lipinski definition) is 3. The van der Waals surface area contributed by atoms with Crippen LogP contribution in [0.3, 0.4) is 0 Å². The minimum Gasteiger partial charge on any atom is -0.386 e. The van der Waals surface area contributed by atoms with E-state index in [1.807, 2.05) is 84.9 Å². The number of aromatic nitrogens is 1. The Kier molecular flexibility index (Phi) is 8.29. The number of aliphatic hydroxyl groups is 1. The van der Waals surface area contributed by atoms with Gasteiger partial charge in [-0.3, -0.25) is 4.52 Å². The highest BCUT2D eigenvalue weighted by molar-refractivity contribution is 7.46. The minimum absolute atomic E-state index is 0.318. The van der Waals surface area contributed by atoms with Crippen molar-refractivity contribution in [2.24, 2.45) is 0 Å². The molecule has 0 unspecified atom stereocenters. The van der Waals surface area contributed by atoms with E-state index in [0.717, 1.165) is 33.3 Å². The lowest BCUT2D eigenvalue weighted by molar-refractivity contribution is 0.0770. The first-order valence-electron chi connectivity index (χ1n) is 11.9. The van der Waals surface area contributed by atoms with Crippen molar-refractivity contribution in [2.75, 3.05) is 0 Å². The van der Waals surface area contributed by atoms with Crippen LogP contribution in [0.1, 0.15) is 54.3 Å². The van der Waals surface area contributed by atoms with Gasteiger partial charge in [0.15, 0.2) is 0 Å². The maximum Gasteiger partial charge on any atom is 0.470 e. The molecule has 0 fully saturated rings. The second kappa shape index (κ2) is 11.3. The Balaban J connectivity index is 1.57. The molecule has 0 aliphatic rings. The van der Waals surface area contributed by atoms with E-state index in [2.05, 4.69) is 4.98 Å². The van der Waals surface area contributed by atoms with Crippen LogP contribution in [-0.2, 0) is 21.1 Å². The molecule has 6 nitrogen and oxygen atoms in total. The Labute approximate surface area is 221 Å². The topological polar surface area (TPSA) is 99.9 Å². The minimum atomic E-state index is -4.75. The van der Waals surface area contributed by atoms with E-state index < -0.39 is 19.5 Å². The third kappa shape index (κ3) is 7.59. The summed E-state index contributed by atoms with van der Waals surface area (Å²) >= 11 is 6.09. The molecule has 0 aliphatic heterocycles. The number of rotatable bonds is 9. The number of phosphoric acid groups is 1. The van der Waals surface area contributed by atoms with Crippen molar-refractivity contribution in [1.82, 2.24) is 4.98 Å². The largest absolute Gasteiger partial charge is 0.470 e. The molecule has 3 N–H and O–H groups in total. The van der Waals surface area contributed by atoms with Gasteiger partial charge in [-0.2, -0.15) is 0 Å². The number of phosphoric ester groups is 1. The number of aryl methyl sites for hydroxylation is 1. The SMILES string of the molecule is CC(C)(O)c1ccccc1CC[C@H](OP(=O)(O)O)c1cccc(C=Cc2ccc3ccc(Cl)cc3n2)c1. The van der Waals surface area contributed by atoms with Gasteiger partial charge in [0.2, 0.25) is 0 Å². The van der Waals surface area contributed by atoms with Gasteiger partial charge in [-0.05, 0) is 79.3 Å². The molecule has 4 aromatic rings. The van der Waals surface area contributed by atoms with Crippen molar-refractivity contribution in [3.05, 3.63) is 112 Å². The number of halogens is 1. The molecule has 0 bridgehead atoms. The summed E-state index contributed by atoms with van der Waals surface area (Å²) in [4.78, 5) is 23.8. The molecule has 0 amide bonds. The van der Waals surface area contributed by atoms with E-state index in [4.69, 9.17) is 16.1 Å². The molecule has 1 aromatic heterocycles. The molecule has 1 heterocycles. The predicted molar refractivity (Wildman–Crippen MR) is 148 cm³/mol. The molecule has 0 saturated heterocycles. The van der Waals surface area contributed by atoms with Gasteiger partial charge in [0, 0.05) is 10.4 Å². The van der Waals surface area contributed by atoms with Gasteiger partial charge in [-0.15, -0.1) is 0 Å². The highest BCUT2D eigenvalue weighted by Crippen LogP contribution is 2.44. The Morgan fingerprint density at radius 2 is 1.76 bits per heavy atom. The monoisotopic (exact) mass is 537 g/mol. The Bertz CT molecular complexity index is 1470. The number of benzene rings is 3. The average molecular weight is 538 g/mol. The fourth-order valence-corrected chi connectivity index (χ4v) is 5.04. The van der Waals surface area contributed by atoms with Crippen LogP contribution in [0.5, 0.6) is 0 Å². The summed E-state index contributed by atoms with van der Waals surface area (Å²) < 4.78 is 17.0. The molecule has 0 radical (unpaired) electrons. The van der Waals surface area contributed by atoms with Gasteiger partial charge in [-0.25, -0.2) is 9.55 Å². The lowest BCUT2D eigenvalue weighted by Crippen LogP contribution is -2.18. The van der Waals surface area contributed by atoms with E-state index in [1.54, 1.807) is 19.9 Å². The fourth-order valence-electron chi connectivity index (χ4n) is 4.31. The molecule has 8 heteroatoms. The van der Waals surface area contributed by atoms with Gasteiger partial charge < -0.3 is 14.9 Å². The zero-order valence-electron chi connectivity index (χ0n) is 20.6. The molecule has 1 atom stereocenters. The van der Waals surface area contributed by atoms with E-state index in [1.165, 1.54) is 0 Å². The molecule has 0 spiro atoms. The van der Waals surface area contributed by atoms with Gasteiger partial charge in [0.05, 0.1) is 22.9 Å². The first kappa shape index (κ1) is 27.2. The standard InChI is InChI=1S/C29H29ClNO5P/c1-29(2,32)26-9-4-3-7-21(26)13-17-28(36-37(33,34)35)23-8-5-6-20(18-23)10-15-25-16-12-22-11-14-24(30)19-27(22)31-25/h3-12,14-16,18-19,28,32H,13,17H2,1-2H3,(H2,33,34,35)/t28-/m0/s1. The number of hydrogen-bond acceptors (Lipinski definition) is 4. The highest BCUT2D eigenvalue weighted by Gasteiger charge is 2.25. The molecule has 0 aliphatic carbocycles. The normalized spacial score (nSPS) is 13.4. The van der Waals surface area contributed by atoms with E-state index in [-0.39, 0.29) is 0 Å². The summed E-state index contributed by atoms with van der Waals surface area (Å²) in [7, 11) is -4.75. The van der Waals surface area contributed by atoms with Crippen LogP contribution in [0, 0.1) is 0 Å². The van der Waals surface area contributed by atoms with Crippen LogP contribution >= 0.6 is 19.4 Å².